The lowest BCUT2D eigenvalue weighted by molar-refractivity contribution is 0.0378. The number of rotatable bonds is 5. The summed E-state index contributed by atoms with van der Waals surface area (Å²) >= 11 is 0. The van der Waals surface area contributed by atoms with Crippen LogP contribution in [0, 0.1) is 32.4 Å². The first-order valence-electron chi connectivity index (χ1n) is 11.0. The van der Waals surface area contributed by atoms with Gasteiger partial charge in [-0.15, -0.1) is 0 Å². The van der Waals surface area contributed by atoms with E-state index in [1.807, 2.05) is 32.9 Å². The number of nitrogens with zero attached hydrogens (tertiary/aromatic N) is 2. The predicted molar refractivity (Wildman–Crippen MR) is 125 cm³/mol. The molecule has 5 nitrogen and oxygen atoms in total. The Morgan fingerprint density at radius 3 is 2.39 bits per heavy atom. The Bertz CT molecular complexity index is 1240. The fourth-order valence-electron chi connectivity index (χ4n) is 4.32. The minimum Gasteiger partial charge on any atom is -0.392 e. The van der Waals surface area contributed by atoms with Crippen LogP contribution in [0.25, 0.3) is 5.69 Å². The smallest absolute Gasteiger partial charge is 0.255 e. The van der Waals surface area contributed by atoms with Gasteiger partial charge in [0.25, 0.3) is 5.56 Å². The van der Waals surface area contributed by atoms with Crippen LogP contribution in [0.3, 0.4) is 0 Å². The van der Waals surface area contributed by atoms with E-state index in [9.17, 15) is 13.6 Å². The quantitative estimate of drug-likeness (QED) is 0.457. The van der Waals surface area contributed by atoms with Gasteiger partial charge in [-0.1, -0.05) is 22.9 Å². The van der Waals surface area contributed by atoms with Crippen LogP contribution in [0.5, 0.6) is 0 Å². The maximum atomic E-state index is 14.8. The van der Waals surface area contributed by atoms with Gasteiger partial charge in [0.1, 0.15) is 23.5 Å². The summed E-state index contributed by atoms with van der Waals surface area (Å²) in [5.74, 6) is -1.42. The molecule has 0 saturated carbocycles. The Hall–Kier alpha value is -3.32. The van der Waals surface area contributed by atoms with E-state index < -0.39 is 11.6 Å². The van der Waals surface area contributed by atoms with Gasteiger partial charge in [0.05, 0.1) is 5.69 Å². The van der Waals surface area contributed by atoms with Crippen molar-refractivity contribution in [1.82, 2.24) is 9.88 Å². The van der Waals surface area contributed by atoms with Crippen LogP contribution in [-0.2, 0) is 4.84 Å². The number of nitrogens with one attached hydrogen (secondary N) is 1. The summed E-state index contributed by atoms with van der Waals surface area (Å²) in [6, 6.07) is 10.4. The van der Waals surface area contributed by atoms with Crippen molar-refractivity contribution in [2.75, 3.05) is 13.1 Å². The summed E-state index contributed by atoms with van der Waals surface area (Å²) in [5, 5.41) is 7.57. The number of pyridine rings is 1. The third kappa shape index (κ3) is 5.03. The highest BCUT2D eigenvalue weighted by Crippen LogP contribution is 2.22. The SMILES string of the molecule is Cc1cc(C)c(-n2cc(C(=NOC3CCNCC3)c3ccc(F)cc3F)ccc2=O)c(C)c1. The summed E-state index contributed by atoms with van der Waals surface area (Å²) in [7, 11) is 0. The minimum atomic E-state index is -0.747. The molecule has 2 heterocycles. The molecule has 0 atom stereocenters. The molecule has 0 aliphatic carbocycles. The molecule has 2 aromatic carbocycles. The van der Waals surface area contributed by atoms with Crippen molar-refractivity contribution in [3.05, 3.63) is 98.5 Å². The summed E-state index contributed by atoms with van der Waals surface area (Å²) in [6.07, 6.45) is 3.10. The lowest BCUT2D eigenvalue weighted by Crippen LogP contribution is -2.31. The molecule has 1 saturated heterocycles. The topological polar surface area (TPSA) is 55.6 Å². The largest absolute Gasteiger partial charge is 0.392 e. The Kier molecular flexibility index (Phi) is 6.70. The van der Waals surface area contributed by atoms with E-state index in [0.717, 1.165) is 54.4 Å². The summed E-state index contributed by atoms with van der Waals surface area (Å²) < 4.78 is 29.9. The second-order valence-corrected chi connectivity index (χ2v) is 8.49. The van der Waals surface area contributed by atoms with E-state index in [4.69, 9.17) is 4.84 Å². The molecule has 0 bridgehead atoms. The van der Waals surface area contributed by atoms with Crippen LogP contribution in [0.4, 0.5) is 8.78 Å². The van der Waals surface area contributed by atoms with Crippen LogP contribution in [0.15, 0.2) is 58.6 Å². The zero-order valence-electron chi connectivity index (χ0n) is 19.0. The first-order chi connectivity index (χ1) is 15.8. The standard InChI is InChI=1S/C26H27F2N3O2/c1-16-12-17(2)26(18(3)13-16)31-15-19(4-7-24(31)32)25(22-6-5-20(27)14-23(22)28)30-33-21-8-10-29-11-9-21/h4-7,12-15,21,29H,8-11H2,1-3H3. The van der Waals surface area contributed by atoms with Crippen molar-refractivity contribution in [2.24, 2.45) is 5.16 Å². The zero-order chi connectivity index (χ0) is 23.5. The second kappa shape index (κ2) is 9.67. The van der Waals surface area contributed by atoms with Crippen LogP contribution in [0.2, 0.25) is 0 Å². The number of hydrogen-bond acceptors (Lipinski definition) is 4. The van der Waals surface area contributed by atoms with Crippen molar-refractivity contribution in [3.8, 4) is 5.69 Å². The van der Waals surface area contributed by atoms with E-state index >= 15 is 0 Å². The average molecular weight is 452 g/mol. The van der Waals surface area contributed by atoms with Crippen molar-refractivity contribution in [1.29, 1.82) is 0 Å². The van der Waals surface area contributed by atoms with Gasteiger partial charge in [-0.3, -0.25) is 9.36 Å². The third-order valence-electron chi connectivity index (χ3n) is 5.83. The number of oxime groups is 1. The molecule has 0 radical (unpaired) electrons. The molecule has 1 N–H and O–H groups in total. The summed E-state index contributed by atoms with van der Waals surface area (Å²) in [6.45, 7) is 7.53. The zero-order valence-corrected chi connectivity index (χ0v) is 19.0. The number of piperidine rings is 1. The van der Waals surface area contributed by atoms with E-state index in [2.05, 4.69) is 10.5 Å². The third-order valence-corrected chi connectivity index (χ3v) is 5.83. The molecule has 7 heteroatoms. The van der Waals surface area contributed by atoms with Crippen LogP contribution in [0.1, 0.15) is 40.7 Å². The molecule has 0 spiro atoms. The van der Waals surface area contributed by atoms with E-state index in [1.165, 1.54) is 18.2 Å². The molecule has 1 aliphatic heterocycles. The number of benzene rings is 2. The molecule has 1 fully saturated rings. The fourth-order valence-corrected chi connectivity index (χ4v) is 4.32. The van der Waals surface area contributed by atoms with Gasteiger partial charge in [0, 0.05) is 29.5 Å². The molecule has 1 aromatic heterocycles. The predicted octanol–water partition coefficient (Wildman–Crippen LogP) is 4.56. The van der Waals surface area contributed by atoms with Gasteiger partial charge < -0.3 is 10.2 Å². The van der Waals surface area contributed by atoms with Crippen LogP contribution < -0.4 is 10.9 Å². The monoisotopic (exact) mass is 451 g/mol. The van der Waals surface area contributed by atoms with E-state index in [-0.39, 0.29) is 22.9 Å². The summed E-state index contributed by atoms with van der Waals surface area (Å²) in [4.78, 5) is 18.6. The van der Waals surface area contributed by atoms with Crippen LogP contribution >= 0.6 is 0 Å². The molecule has 172 valence electrons. The van der Waals surface area contributed by atoms with Gasteiger partial charge in [-0.25, -0.2) is 8.78 Å². The lowest BCUT2D eigenvalue weighted by atomic mass is 10.0. The number of aryl methyl sites for hydroxylation is 3. The normalized spacial score (nSPS) is 15.0. The van der Waals surface area contributed by atoms with E-state index in [0.29, 0.717) is 5.56 Å². The van der Waals surface area contributed by atoms with Gasteiger partial charge in [-0.2, -0.15) is 0 Å². The molecular formula is C26H27F2N3O2. The minimum absolute atomic E-state index is 0.0998. The first kappa shape index (κ1) is 22.9. The Morgan fingerprint density at radius 2 is 1.73 bits per heavy atom. The van der Waals surface area contributed by atoms with Gasteiger partial charge >= 0.3 is 0 Å². The Morgan fingerprint density at radius 1 is 1.03 bits per heavy atom. The highest BCUT2D eigenvalue weighted by molar-refractivity contribution is 6.12. The van der Waals surface area contributed by atoms with Gasteiger partial charge in [-0.05, 0) is 76.0 Å². The van der Waals surface area contributed by atoms with Gasteiger partial charge in [0.15, 0.2) is 0 Å². The highest BCUT2D eigenvalue weighted by Gasteiger charge is 2.19. The molecule has 33 heavy (non-hydrogen) atoms. The average Bonchev–Trinajstić information content (AvgIpc) is 2.77. The first-order valence-corrected chi connectivity index (χ1v) is 11.0. The maximum Gasteiger partial charge on any atom is 0.255 e. The highest BCUT2D eigenvalue weighted by atomic mass is 19.1. The van der Waals surface area contributed by atoms with Gasteiger partial charge in [0.2, 0.25) is 0 Å². The van der Waals surface area contributed by atoms with Crippen molar-refractivity contribution in [3.63, 3.8) is 0 Å². The number of halogens is 2. The fraction of sp³-hybridized carbons (Fsp3) is 0.308. The summed E-state index contributed by atoms with van der Waals surface area (Å²) in [5.41, 5.74) is 4.36. The number of hydrogen-bond donors (Lipinski definition) is 1. The lowest BCUT2D eigenvalue weighted by Gasteiger charge is -2.21. The molecule has 0 unspecified atom stereocenters. The molecule has 3 aromatic rings. The maximum absolute atomic E-state index is 14.8. The van der Waals surface area contributed by atoms with Crippen LogP contribution in [-0.4, -0.2) is 29.5 Å². The Labute approximate surface area is 191 Å². The van der Waals surface area contributed by atoms with E-state index in [1.54, 1.807) is 16.8 Å². The van der Waals surface area contributed by atoms with Crippen molar-refractivity contribution >= 4 is 5.71 Å². The van der Waals surface area contributed by atoms with Crippen molar-refractivity contribution in [2.45, 2.75) is 39.7 Å². The second-order valence-electron chi connectivity index (χ2n) is 8.49. The van der Waals surface area contributed by atoms with Crippen molar-refractivity contribution < 1.29 is 13.6 Å². The number of aromatic nitrogens is 1. The Balaban J connectivity index is 1.84. The molecule has 0 amide bonds. The molecule has 1 aliphatic rings. The molecular weight excluding hydrogens is 424 g/mol. The molecule has 4 rings (SSSR count).